The Balaban J connectivity index is -0.000000248. The monoisotopic (exact) mass is 791 g/mol. The van der Waals surface area contributed by atoms with Gasteiger partial charge in [-0.3, -0.25) is 0 Å². The van der Waals surface area contributed by atoms with E-state index < -0.39 is 0 Å². The number of rotatable bonds is 6. The predicted molar refractivity (Wildman–Crippen MR) is 204 cm³/mol. The van der Waals surface area contributed by atoms with Gasteiger partial charge >= 0.3 is 0 Å². The van der Waals surface area contributed by atoms with Gasteiger partial charge in [-0.2, -0.15) is 0 Å². The maximum Gasteiger partial charge on any atom is 0.0351 e. The van der Waals surface area contributed by atoms with Gasteiger partial charge in [-0.05, 0) is 68.9 Å². The normalized spacial score (nSPS) is 9.87. The van der Waals surface area contributed by atoms with Crippen molar-refractivity contribution in [2.24, 2.45) is 0 Å². The van der Waals surface area contributed by atoms with E-state index in [0.29, 0.717) is 35.5 Å². The van der Waals surface area contributed by atoms with Crippen LogP contribution in [0.25, 0.3) is 0 Å². The number of hydrogen-bond donors (Lipinski definition) is 0. The van der Waals surface area contributed by atoms with E-state index in [0.717, 1.165) is 0 Å². The van der Waals surface area contributed by atoms with Crippen LogP contribution in [0.3, 0.4) is 0 Å². The minimum Gasteiger partial charge on any atom is -0.388 e. The minimum atomic E-state index is 0. The maximum atomic E-state index is 4.25. The Kier molecular flexibility index (Phi) is 34.5. The molecule has 0 N–H and O–H groups in total. The summed E-state index contributed by atoms with van der Waals surface area (Å²) in [5, 5.41) is 0. The van der Waals surface area contributed by atoms with Crippen LogP contribution in [0.5, 0.6) is 0 Å². The first-order valence-corrected chi connectivity index (χ1v) is 17.4. The van der Waals surface area contributed by atoms with Gasteiger partial charge in [0.1, 0.15) is 0 Å². The van der Waals surface area contributed by atoms with Crippen molar-refractivity contribution < 1.29 is 25.8 Å². The number of benzene rings is 3. The molecule has 1 nitrogen and oxygen atoms in total. The third kappa shape index (κ3) is 24.2. The van der Waals surface area contributed by atoms with E-state index in [-0.39, 0.29) is 21.1 Å². The summed E-state index contributed by atoms with van der Waals surface area (Å²) >= 11 is 0. The molecule has 0 atom stereocenters. The van der Waals surface area contributed by atoms with E-state index >= 15 is 0 Å². The number of ether oxygens (including phenoxy) is 1. The summed E-state index contributed by atoms with van der Waals surface area (Å²) in [4.78, 5) is 0. The molecule has 258 valence electrons. The van der Waals surface area contributed by atoms with Crippen LogP contribution < -0.4 is 0 Å². The van der Waals surface area contributed by atoms with E-state index in [1.807, 2.05) is 13.8 Å². The van der Waals surface area contributed by atoms with Gasteiger partial charge in [-0.15, -0.1) is 0 Å². The summed E-state index contributed by atoms with van der Waals surface area (Å²) in [7, 11) is 3.25. The van der Waals surface area contributed by atoms with E-state index in [2.05, 4.69) is 174 Å². The summed E-state index contributed by atoms with van der Waals surface area (Å²) in [5.74, 6) is 3.86. The topological polar surface area (TPSA) is 9.23 Å². The molecule has 45 heavy (non-hydrogen) atoms. The maximum absolute atomic E-state index is 4.25. The van der Waals surface area contributed by atoms with Crippen LogP contribution in [0.1, 0.15) is 186 Å². The molecule has 0 heterocycles. The zero-order valence-corrected chi connectivity index (χ0v) is 35.8. The second-order valence-corrected chi connectivity index (χ2v) is 13.0. The fourth-order valence-electron chi connectivity index (χ4n) is 4.11. The van der Waals surface area contributed by atoms with E-state index in [9.17, 15) is 0 Å². The van der Waals surface area contributed by atoms with E-state index in [1.54, 1.807) is 14.2 Å². The van der Waals surface area contributed by atoms with Gasteiger partial charge in [0.2, 0.25) is 0 Å². The summed E-state index contributed by atoms with van der Waals surface area (Å²) in [6.07, 6.45) is 1.25. The van der Waals surface area contributed by atoms with Crippen LogP contribution >= 0.6 is 0 Å². The SMILES string of the molecule is CC.CC(C)c1ccc(C(C)C)cc1.CC(C)c1cccc(C(C)C)c1.CC(C)c1ccccc1C(C)C.CCC.COC.[W]. The first-order chi connectivity index (χ1) is 20.7. The molecule has 0 aromatic heterocycles. The summed E-state index contributed by atoms with van der Waals surface area (Å²) in [6, 6.07) is 26.6. The molecule has 0 aliphatic rings. The molecule has 3 aromatic carbocycles. The van der Waals surface area contributed by atoms with Crippen molar-refractivity contribution >= 4 is 0 Å². The molecule has 0 aliphatic heterocycles. The van der Waals surface area contributed by atoms with Gasteiger partial charge in [-0.25, -0.2) is 0 Å². The quantitative estimate of drug-likeness (QED) is 0.242. The van der Waals surface area contributed by atoms with Crippen LogP contribution in [-0.2, 0) is 25.8 Å². The zero-order chi connectivity index (χ0) is 34.8. The summed E-state index contributed by atoms with van der Waals surface area (Å²) < 4.78 is 4.25. The zero-order valence-electron chi connectivity index (χ0n) is 32.9. The standard InChI is InChI=1S/3C12H18.C3H8.C2H6O.C2H6.W/c1-9(2)11-5-7-12(8-6-11)10(3)4;1-9(2)11-6-5-7-12(8-11)10(3)4;1-9(2)11-7-5-6-8-12(11)10(3)4;2*1-3-2;1-2;/h3*5-10H,1-4H3;3H2,1-2H3;1-2H3;1-2H3;. The first-order valence-electron chi connectivity index (χ1n) is 17.4. The van der Waals surface area contributed by atoms with Gasteiger partial charge in [-0.1, -0.05) is 190 Å². The molecule has 0 bridgehead atoms. The fourth-order valence-corrected chi connectivity index (χ4v) is 4.11. The van der Waals surface area contributed by atoms with E-state index in [1.165, 1.54) is 39.8 Å². The van der Waals surface area contributed by atoms with E-state index in [4.69, 9.17) is 0 Å². The first kappa shape index (κ1) is 50.2. The van der Waals surface area contributed by atoms with Gasteiger partial charge in [0.25, 0.3) is 0 Å². The minimum absolute atomic E-state index is 0. The smallest absolute Gasteiger partial charge is 0.0351 e. The van der Waals surface area contributed by atoms with Crippen molar-refractivity contribution in [2.75, 3.05) is 14.2 Å². The summed E-state index contributed by atoms with van der Waals surface area (Å²) in [6.45, 7) is 35.1. The Bertz CT molecular complexity index is 950. The molecular formula is C43H74OW. The van der Waals surface area contributed by atoms with Gasteiger partial charge < -0.3 is 4.74 Å². The van der Waals surface area contributed by atoms with Crippen LogP contribution in [0, 0.1) is 0 Å². The third-order valence-electron chi connectivity index (χ3n) is 6.75. The molecule has 0 aliphatic carbocycles. The average molecular weight is 791 g/mol. The second-order valence-electron chi connectivity index (χ2n) is 13.0. The fraction of sp³-hybridized carbons (Fsp3) is 0.581. The molecular weight excluding hydrogens is 716 g/mol. The van der Waals surface area contributed by atoms with Crippen LogP contribution in [-0.4, -0.2) is 14.2 Å². The second kappa shape index (κ2) is 30.9. The Morgan fingerprint density at radius 1 is 0.422 bits per heavy atom. The van der Waals surface area contributed by atoms with Crippen molar-refractivity contribution in [1.29, 1.82) is 0 Å². The Labute approximate surface area is 297 Å². The molecule has 3 aromatic rings. The Morgan fingerprint density at radius 3 is 0.867 bits per heavy atom. The third-order valence-corrected chi connectivity index (χ3v) is 6.75. The van der Waals surface area contributed by atoms with Crippen LogP contribution in [0.2, 0.25) is 0 Å². The molecule has 3 rings (SSSR count). The average Bonchev–Trinajstić information content (AvgIpc) is 2.99. The van der Waals surface area contributed by atoms with Gasteiger partial charge in [0, 0.05) is 35.3 Å². The largest absolute Gasteiger partial charge is 0.388 e. The van der Waals surface area contributed by atoms with Crippen molar-refractivity contribution in [2.45, 2.75) is 153 Å². The van der Waals surface area contributed by atoms with Crippen molar-refractivity contribution in [1.82, 2.24) is 0 Å². The predicted octanol–water partition coefficient (Wildman–Crippen LogP) is 14.5. The molecule has 0 unspecified atom stereocenters. The van der Waals surface area contributed by atoms with Crippen molar-refractivity contribution in [3.05, 3.63) is 106 Å². The van der Waals surface area contributed by atoms with Crippen molar-refractivity contribution in [3.8, 4) is 0 Å². The molecule has 0 spiro atoms. The molecule has 0 saturated heterocycles. The summed E-state index contributed by atoms with van der Waals surface area (Å²) in [5.41, 5.74) is 8.74. The van der Waals surface area contributed by atoms with Gasteiger partial charge in [0.15, 0.2) is 0 Å². The molecule has 0 radical (unpaired) electrons. The molecule has 0 fully saturated rings. The Hall–Kier alpha value is -1.69. The Morgan fingerprint density at radius 2 is 0.667 bits per heavy atom. The van der Waals surface area contributed by atoms with Crippen LogP contribution in [0.4, 0.5) is 0 Å². The van der Waals surface area contributed by atoms with Crippen LogP contribution in [0.15, 0.2) is 72.8 Å². The molecule has 2 heteroatoms. The van der Waals surface area contributed by atoms with Crippen molar-refractivity contribution in [3.63, 3.8) is 0 Å². The molecule has 0 saturated carbocycles. The molecule has 0 amide bonds. The van der Waals surface area contributed by atoms with Gasteiger partial charge in [0.05, 0.1) is 0 Å². The number of methoxy groups -OCH3 is 1. The number of hydrogen-bond acceptors (Lipinski definition) is 1.